The van der Waals surface area contributed by atoms with E-state index in [1.807, 2.05) is 24.3 Å². The maximum atomic E-state index is 11.9. The third-order valence-corrected chi connectivity index (χ3v) is 3.82. The van der Waals surface area contributed by atoms with Crippen molar-refractivity contribution >= 4 is 6.03 Å². The van der Waals surface area contributed by atoms with Crippen molar-refractivity contribution in [2.24, 2.45) is 0 Å². The fourth-order valence-corrected chi connectivity index (χ4v) is 2.68. The molecular formula is C16H24N2O2. The molecule has 4 nitrogen and oxygen atoms in total. The number of nitrogens with one attached hydrogen (secondary N) is 2. The van der Waals surface area contributed by atoms with Gasteiger partial charge in [0.15, 0.2) is 0 Å². The van der Waals surface area contributed by atoms with Gasteiger partial charge in [0.1, 0.15) is 5.75 Å². The lowest BCUT2D eigenvalue weighted by Crippen LogP contribution is -2.41. The van der Waals surface area contributed by atoms with Crippen molar-refractivity contribution in [3.05, 3.63) is 29.8 Å². The van der Waals surface area contributed by atoms with Crippen LogP contribution < -0.4 is 15.4 Å². The lowest BCUT2D eigenvalue weighted by Gasteiger charge is -2.17. The predicted octanol–water partition coefficient (Wildman–Crippen LogP) is 3.22. The van der Waals surface area contributed by atoms with Crippen molar-refractivity contribution in [3.8, 4) is 5.75 Å². The first kappa shape index (κ1) is 14.7. The third kappa shape index (κ3) is 4.44. The molecule has 0 aromatic heterocycles. The second kappa shape index (κ2) is 7.78. The maximum Gasteiger partial charge on any atom is 0.315 e. The minimum Gasteiger partial charge on any atom is -0.496 e. The monoisotopic (exact) mass is 276 g/mol. The number of carbonyl (C=O) groups excluding carboxylic acids is 1. The van der Waals surface area contributed by atoms with Gasteiger partial charge in [0.2, 0.25) is 0 Å². The first-order chi connectivity index (χ1) is 9.79. The van der Waals surface area contributed by atoms with E-state index < -0.39 is 0 Å². The predicted molar refractivity (Wildman–Crippen MR) is 79.9 cm³/mol. The molecule has 4 heteroatoms. The van der Waals surface area contributed by atoms with Crippen molar-refractivity contribution in [1.82, 2.24) is 10.6 Å². The molecule has 2 rings (SSSR count). The molecule has 0 spiro atoms. The zero-order valence-electron chi connectivity index (χ0n) is 12.2. The number of ether oxygens (including phenoxy) is 1. The van der Waals surface area contributed by atoms with Gasteiger partial charge in [-0.15, -0.1) is 0 Å². The second-order valence-corrected chi connectivity index (χ2v) is 5.33. The molecule has 1 fully saturated rings. The molecule has 0 atom stereocenters. The number of rotatable bonds is 4. The molecule has 1 aromatic rings. The first-order valence-corrected chi connectivity index (χ1v) is 7.46. The summed E-state index contributed by atoms with van der Waals surface area (Å²) in [6, 6.07) is 7.99. The average molecular weight is 276 g/mol. The lowest BCUT2D eigenvalue weighted by atomic mass is 10.1. The van der Waals surface area contributed by atoms with Gasteiger partial charge in [-0.25, -0.2) is 4.79 Å². The zero-order chi connectivity index (χ0) is 14.2. The van der Waals surface area contributed by atoms with Crippen molar-refractivity contribution in [2.45, 2.75) is 51.1 Å². The molecule has 0 heterocycles. The number of methoxy groups -OCH3 is 1. The fourth-order valence-electron chi connectivity index (χ4n) is 2.68. The summed E-state index contributed by atoms with van der Waals surface area (Å²) in [4.78, 5) is 11.9. The van der Waals surface area contributed by atoms with Gasteiger partial charge in [-0.1, -0.05) is 43.9 Å². The zero-order valence-corrected chi connectivity index (χ0v) is 12.2. The highest BCUT2D eigenvalue weighted by Gasteiger charge is 2.14. The Balaban J connectivity index is 1.79. The van der Waals surface area contributed by atoms with Gasteiger partial charge in [-0.05, 0) is 18.9 Å². The van der Waals surface area contributed by atoms with Crippen LogP contribution in [0.1, 0.15) is 44.1 Å². The molecule has 1 saturated carbocycles. The van der Waals surface area contributed by atoms with E-state index in [1.54, 1.807) is 7.11 Å². The van der Waals surface area contributed by atoms with Crippen LogP contribution in [0.2, 0.25) is 0 Å². The van der Waals surface area contributed by atoms with E-state index in [0.29, 0.717) is 12.6 Å². The number of para-hydroxylation sites is 1. The van der Waals surface area contributed by atoms with E-state index in [9.17, 15) is 4.79 Å². The summed E-state index contributed by atoms with van der Waals surface area (Å²) < 4.78 is 5.27. The van der Waals surface area contributed by atoms with Gasteiger partial charge in [-0.3, -0.25) is 0 Å². The molecule has 0 bridgehead atoms. The van der Waals surface area contributed by atoms with E-state index in [-0.39, 0.29) is 6.03 Å². The number of carbonyl (C=O) groups is 1. The van der Waals surface area contributed by atoms with Crippen molar-refractivity contribution in [2.75, 3.05) is 7.11 Å². The first-order valence-electron chi connectivity index (χ1n) is 7.46. The van der Waals surface area contributed by atoms with Crippen LogP contribution in [-0.2, 0) is 6.54 Å². The van der Waals surface area contributed by atoms with Gasteiger partial charge in [-0.2, -0.15) is 0 Å². The van der Waals surface area contributed by atoms with Crippen molar-refractivity contribution in [1.29, 1.82) is 0 Å². The SMILES string of the molecule is COc1ccccc1CNC(=O)NC1CCCCCC1. The molecule has 0 radical (unpaired) electrons. The standard InChI is InChI=1S/C16H24N2O2/c1-20-15-11-7-6-8-13(15)12-17-16(19)18-14-9-4-2-3-5-10-14/h6-8,11,14H,2-5,9-10,12H2,1H3,(H2,17,18,19). The minimum atomic E-state index is -0.0807. The number of hydrogen-bond acceptors (Lipinski definition) is 2. The average Bonchev–Trinajstić information content (AvgIpc) is 2.74. The van der Waals surface area contributed by atoms with Crippen molar-refractivity contribution < 1.29 is 9.53 Å². The van der Waals surface area contributed by atoms with E-state index in [2.05, 4.69) is 10.6 Å². The van der Waals surface area contributed by atoms with Crippen LogP contribution in [0.15, 0.2) is 24.3 Å². The van der Waals surface area contributed by atoms with Gasteiger partial charge in [0.25, 0.3) is 0 Å². The van der Waals surface area contributed by atoms with E-state index in [4.69, 9.17) is 4.74 Å². The summed E-state index contributed by atoms with van der Waals surface area (Å²) in [5, 5.41) is 5.99. The Hall–Kier alpha value is -1.71. The quantitative estimate of drug-likeness (QED) is 0.830. The Morgan fingerprint density at radius 3 is 2.60 bits per heavy atom. The van der Waals surface area contributed by atoms with Crippen molar-refractivity contribution in [3.63, 3.8) is 0 Å². The smallest absolute Gasteiger partial charge is 0.315 e. The molecule has 1 aromatic carbocycles. The summed E-state index contributed by atoms with van der Waals surface area (Å²) >= 11 is 0. The number of amides is 2. The van der Waals surface area contributed by atoms with Gasteiger partial charge in [0, 0.05) is 18.2 Å². The van der Waals surface area contributed by atoms with E-state index in [0.717, 1.165) is 24.2 Å². The van der Waals surface area contributed by atoms with Crippen LogP contribution in [0.5, 0.6) is 5.75 Å². The number of hydrogen-bond donors (Lipinski definition) is 2. The summed E-state index contributed by atoms with van der Waals surface area (Å²) in [6.45, 7) is 0.489. The van der Waals surface area contributed by atoms with Gasteiger partial charge >= 0.3 is 6.03 Å². The van der Waals surface area contributed by atoms with E-state index in [1.165, 1.54) is 25.7 Å². The Bertz CT molecular complexity index is 426. The van der Waals surface area contributed by atoms with Gasteiger partial charge in [0.05, 0.1) is 7.11 Å². The number of urea groups is 1. The summed E-state index contributed by atoms with van der Waals surface area (Å²) in [6.07, 6.45) is 7.22. The molecule has 20 heavy (non-hydrogen) atoms. The Morgan fingerprint density at radius 2 is 1.90 bits per heavy atom. The highest BCUT2D eigenvalue weighted by atomic mass is 16.5. The minimum absolute atomic E-state index is 0.0807. The van der Waals surface area contributed by atoms with Crippen LogP contribution in [-0.4, -0.2) is 19.2 Å². The Labute approximate surface area is 120 Å². The highest BCUT2D eigenvalue weighted by molar-refractivity contribution is 5.74. The molecule has 1 aliphatic carbocycles. The molecule has 0 unspecified atom stereocenters. The van der Waals surface area contributed by atoms with Crippen LogP contribution >= 0.6 is 0 Å². The molecule has 2 N–H and O–H groups in total. The maximum absolute atomic E-state index is 11.9. The summed E-state index contributed by atoms with van der Waals surface area (Å²) in [5.74, 6) is 0.808. The van der Waals surface area contributed by atoms with Crippen LogP contribution in [0.25, 0.3) is 0 Å². The van der Waals surface area contributed by atoms with Gasteiger partial charge < -0.3 is 15.4 Å². The molecule has 1 aliphatic rings. The molecule has 110 valence electrons. The van der Waals surface area contributed by atoms with Crippen LogP contribution in [0.3, 0.4) is 0 Å². The van der Waals surface area contributed by atoms with Crippen LogP contribution in [0.4, 0.5) is 4.79 Å². The van der Waals surface area contributed by atoms with E-state index >= 15 is 0 Å². The Morgan fingerprint density at radius 1 is 1.20 bits per heavy atom. The summed E-state index contributed by atoms with van der Waals surface area (Å²) in [5.41, 5.74) is 0.992. The molecular weight excluding hydrogens is 252 g/mol. The molecule has 2 amide bonds. The summed E-state index contributed by atoms with van der Waals surface area (Å²) in [7, 11) is 1.64. The second-order valence-electron chi connectivity index (χ2n) is 5.33. The number of benzene rings is 1. The topological polar surface area (TPSA) is 50.4 Å². The fraction of sp³-hybridized carbons (Fsp3) is 0.562. The normalized spacial score (nSPS) is 16.2. The van der Waals surface area contributed by atoms with Crippen LogP contribution in [0, 0.1) is 0 Å². The Kier molecular flexibility index (Phi) is 5.71. The lowest BCUT2D eigenvalue weighted by molar-refractivity contribution is 0.235. The molecule has 0 saturated heterocycles. The largest absolute Gasteiger partial charge is 0.496 e. The third-order valence-electron chi connectivity index (χ3n) is 3.82. The molecule has 0 aliphatic heterocycles. The highest BCUT2D eigenvalue weighted by Crippen LogP contribution is 2.18.